The highest BCUT2D eigenvalue weighted by Gasteiger charge is 2.13. The van der Waals surface area contributed by atoms with E-state index < -0.39 is 0 Å². The molecule has 0 aliphatic rings. The van der Waals surface area contributed by atoms with Gasteiger partial charge in [0.15, 0.2) is 0 Å². The molecular formula is C47H43N. The van der Waals surface area contributed by atoms with Gasteiger partial charge in [-0.05, 0) is 92.3 Å². The summed E-state index contributed by atoms with van der Waals surface area (Å²) in [6.45, 7) is 10.7. The summed E-state index contributed by atoms with van der Waals surface area (Å²) in [4.78, 5) is 2.30. The summed E-state index contributed by atoms with van der Waals surface area (Å²) in [7, 11) is 0. The van der Waals surface area contributed by atoms with E-state index in [0.717, 1.165) is 16.9 Å². The zero-order chi connectivity index (χ0) is 33.5. The lowest BCUT2D eigenvalue weighted by molar-refractivity contribution is 1.27. The van der Waals surface area contributed by atoms with Gasteiger partial charge >= 0.3 is 0 Å². The minimum Gasteiger partial charge on any atom is -0.317 e. The van der Waals surface area contributed by atoms with E-state index in [9.17, 15) is 0 Å². The average Bonchev–Trinajstić information content (AvgIpc) is 3.10. The lowest BCUT2D eigenvalue weighted by Gasteiger charge is -2.24. The summed E-state index contributed by atoms with van der Waals surface area (Å²) < 4.78 is 0. The third-order valence-corrected chi connectivity index (χ3v) is 8.74. The molecule has 0 heterocycles. The Hall–Kier alpha value is -5.66. The maximum atomic E-state index is 2.30. The number of allylic oxidation sites excluding steroid dienone is 2. The van der Waals surface area contributed by atoms with E-state index in [1.807, 2.05) is 0 Å². The van der Waals surface area contributed by atoms with Crippen molar-refractivity contribution in [2.24, 2.45) is 0 Å². The highest BCUT2D eigenvalue weighted by atomic mass is 15.1. The molecule has 6 rings (SSSR count). The number of nitrogens with zero attached hydrogens (tertiary/aromatic N) is 1. The van der Waals surface area contributed by atoms with Crippen molar-refractivity contribution in [3.8, 4) is 0 Å². The third-order valence-electron chi connectivity index (χ3n) is 8.74. The van der Waals surface area contributed by atoms with Gasteiger partial charge in [0.2, 0.25) is 0 Å². The van der Waals surface area contributed by atoms with E-state index in [-0.39, 0.29) is 0 Å². The smallest absolute Gasteiger partial charge is 0.0456 e. The molecule has 1 nitrogen and oxygen atoms in total. The van der Waals surface area contributed by atoms with Gasteiger partial charge in [-0.25, -0.2) is 0 Å². The quantitative estimate of drug-likeness (QED) is 0.145. The van der Waals surface area contributed by atoms with Crippen molar-refractivity contribution < 1.29 is 0 Å². The SMILES string of the molecule is Cc1ccc(C(=CC=Cc2ccc(N(C=C(c3ccc(C)cc3)c3ccc(C)cc3)c3ccc(C)cc3)cc2)c2ccc(C)cc2)cc1. The Morgan fingerprint density at radius 1 is 0.375 bits per heavy atom. The number of anilines is 2. The fourth-order valence-electron chi connectivity index (χ4n) is 5.74. The molecule has 6 aromatic rings. The van der Waals surface area contributed by atoms with Crippen LogP contribution >= 0.6 is 0 Å². The summed E-state index contributed by atoms with van der Waals surface area (Å²) in [5.74, 6) is 0. The zero-order valence-electron chi connectivity index (χ0n) is 28.6. The monoisotopic (exact) mass is 621 g/mol. The zero-order valence-corrected chi connectivity index (χ0v) is 28.6. The van der Waals surface area contributed by atoms with Crippen LogP contribution in [0.15, 0.2) is 164 Å². The van der Waals surface area contributed by atoms with Crippen LogP contribution in [-0.4, -0.2) is 0 Å². The van der Waals surface area contributed by atoms with Crippen LogP contribution in [0, 0.1) is 34.6 Å². The van der Waals surface area contributed by atoms with Crippen LogP contribution in [0.3, 0.4) is 0 Å². The molecule has 0 N–H and O–H groups in total. The van der Waals surface area contributed by atoms with Crippen LogP contribution in [0.25, 0.3) is 17.2 Å². The van der Waals surface area contributed by atoms with Crippen molar-refractivity contribution in [2.75, 3.05) is 4.90 Å². The molecular weight excluding hydrogens is 579 g/mol. The maximum Gasteiger partial charge on any atom is 0.0456 e. The molecule has 1 heteroatoms. The Kier molecular flexibility index (Phi) is 9.98. The summed E-state index contributed by atoms with van der Waals surface area (Å²) in [5.41, 5.74) is 16.8. The fourth-order valence-corrected chi connectivity index (χ4v) is 5.74. The van der Waals surface area contributed by atoms with Gasteiger partial charge in [0.1, 0.15) is 0 Å². The first-order valence-corrected chi connectivity index (χ1v) is 16.7. The van der Waals surface area contributed by atoms with Gasteiger partial charge in [-0.1, -0.05) is 167 Å². The van der Waals surface area contributed by atoms with Crippen LogP contribution in [0.4, 0.5) is 11.4 Å². The number of hydrogen-bond donors (Lipinski definition) is 0. The van der Waals surface area contributed by atoms with Gasteiger partial charge in [-0.2, -0.15) is 0 Å². The van der Waals surface area contributed by atoms with Crippen molar-refractivity contribution in [2.45, 2.75) is 34.6 Å². The molecule has 0 unspecified atom stereocenters. The summed E-state index contributed by atoms with van der Waals surface area (Å²) in [6.07, 6.45) is 8.85. The van der Waals surface area contributed by atoms with E-state index in [1.54, 1.807) is 0 Å². The molecule has 0 aliphatic heterocycles. The van der Waals surface area contributed by atoms with Gasteiger partial charge in [-0.15, -0.1) is 0 Å². The second-order valence-electron chi connectivity index (χ2n) is 12.7. The predicted molar refractivity (Wildman–Crippen MR) is 208 cm³/mol. The number of benzene rings is 6. The standard InChI is InChI=1S/C47H43N/c1-34-9-21-40(22-10-34)46(41-23-11-35(2)12-24-41)8-6-7-39-19-31-45(32-20-39)48(44-29-17-38(5)18-30-44)33-47(42-25-13-36(3)14-26-42)43-27-15-37(4)16-28-43/h6-33H,1-5H3. The van der Waals surface area contributed by atoms with Gasteiger partial charge in [-0.3, -0.25) is 0 Å². The molecule has 0 atom stereocenters. The van der Waals surface area contributed by atoms with Crippen molar-refractivity contribution in [3.63, 3.8) is 0 Å². The highest BCUT2D eigenvalue weighted by molar-refractivity contribution is 5.85. The predicted octanol–water partition coefficient (Wildman–Crippen LogP) is 12.6. The summed E-state index contributed by atoms with van der Waals surface area (Å²) >= 11 is 0. The Morgan fingerprint density at radius 3 is 1.06 bits per heavy atom. The maximum absolute atomic E-state index is 2.30. The largest absolute Gasteiger partial charge is 0.317 e. The first-order valence-electron chi connectivity index (χ1n) is 16.7. The normalized spacial score (nSPS) is 10.9. The van der Waals surface area contributed by atoms with Gasteiger partial charge in [0.25, 0.3) is 0 Å². The Balaban J connectivity index is 1.36. The molecule has 0 saturated carbocycles. The fraction of sp³-hybridized carbons (Fsp3) is 0.106. The first-order chi connectivity index (χ1) is 23.3. The van der Waals surface area contributed by atoms with Crippen LogP contribution < -0.4 is 4.90 Å². The molecule has 0 spiro atoms. The minimum atomic E-state index is 1.10. The van der Waals surface area contributed by atoms with E-state index in [4.69, 9.17) is 0 Å². The van der Waals surface area contributed by atoms with Crippen LogP contribution in [0.2, 0.25) is 0 Å². The third kappa shape index (κ3) is 8.00. The van der Waals surface area contributed by atoms with Gasteiger partial charge in [0.05, 0.1) is 0 Å². The average molecular weight is 622 g/mol. The molecule has 0 bridgehead atoms. The molecule has 48 heavy (non-hydrogen) atoms. The van der Waals surface area contributed by atoms with E-state index in [0.29, 0.717) is 0 Å². The summed E-state index contributed by atoms with van der Waals surface area (Å²) in [6, 6.07) is 52.7. The number of rotatable bonds is 9. The lowest BCUT2D eigenvalue weighted by Crippen LogP contribution is -2.10. The highest BCUT2D eigenvalue weighted by Crippen LogP contribution is 2.32. The molecule has 0 aromatic heterocycles. The summed E-state index contributed by atoms with van der Waals surface area (Å²) in [5, 5.41) is 0. The second-order valence-corrected chi connectivity index (χ2v) is 12.7. The van der Waals surface area contributed by atoms with Crippen molar-refractivity contribution in [1.29, 1.82) is 0 Å². The molecule has 0 fully saturated rings. The van der Waals surface area contributed by atoms with Crippen LogP contribution in [0.1, 0.15) is 55.6 Å². The topological polar surface area (TPSA) is 3.24 Å². The molecule has 6 aromatic carbocycles. The lowest BCUT2D eigenvalue weighted by atomic mass is 9.96. The first kappa shape index (κ1) is 32.3. The Labute approximate surface area is 286 Å². The number of aryl methyl sites for hydroxylation is 5. The molecule has 236 valence electrons. The minimum absolute atomic E-state index is 1.10. The molecule has 0 radical (unpaired) electrons. The second kappa shape index (κ2) is 14.8. The van der Waals surface area contributed by atoms with Crippen LogP contribution in [-0.2, 0) is 0 Å². The van der Waals surface area contributed by atoms with Gasteiger partial charge < -0.3 is 4.90 Å². The molecule has 0 aliphatic carbocycles. The van der Waals surface area contributed by atoms with Crippen molar-refractivity contribution in [3.05, 3.63) is 220 Å². The van der Waals surface area contributed by atoms with Crippen molar-refractivity contribution in [1.82, 2.24) is 0 Å². The van der Waals surface area contributed by atoms with Crippen molar-refractivity contribution >= 4 is 28.6 Å². The molecule has 0 amide bonds. The van der Waals surface area contributed by atoms with Crippen LogP contribution in [0.5, 0.6) is 0 Å². The van der Waals surface area contributed by atoms with E-state index >= 15 is 0 Å². The number of hydrogen-bond acceptors (Lipinski definition) is 1. The molecule has 0 saturated heterocycles. The van der Waals surface area contributed by atoms with E-state index in [1.165, 1.54) is 61.2 Å². The Morgan fingerprint density at radius 2 is 0.688 bits per heavy atom. The Bertz CT molecular complexity index is 1940. The van der Waals surface area contributed by atoms with Gasteiger partial charge in [0, 0.05) is 23.1 Å². The van der Waals surface area contributed by atoms with E-state index in [2.05, 4.69) is 210 Å².